The van der Waals surface area contributed by atoms with Gasteiger partial charge in [-0.25, -0.2) is 5.43 Å². The molecule has 0 aliphatic carbocycles. The van der Waals surface area contributed by atoms with Crippen LogP contribution in [0.25, 0.3) is 0 Å². The Labute approximate surface area is 197 Å². The third kappa shape index (κ3) is 5.59. The van der Waals surface area contributed by atoms with Gasteiger partial charge in [0, 0.05) is 26.2 Å². The molecule has 0 atom stereocenters. The van der Waals surface area contributed by atoms with Gasteiger partial charge in [0.2, 0.25) is 17.8 Å². The van der Waals surface area contributed by atoms with Crippen LogP contribution < -0.4 is 20.0 Å². The average Bonchev–Trinajstić information content (AvgIpc) is 2.83. The van der Waals surface area contributed by atoms with Crippen LogP contribution in [0.1, 0.15) is 51.0 Å². The van der Waals surface area contributed by atoms with E-state index in [1.165, 1.54) is 12.8 Å². The first-order chi connectivity index (χ1) is 15.6. The molecule has 2 aliphatic heterocycles. The van der Waals surface area contributed by atoms with Gasteiger partial charge in [-0.1, -0.05) is 0 Å². The number of ether oxygens (including phenoxy) is 1. The first kappa shape index (κ1) is 22.6. The summed E-state index contributed by atoms with van der Waals surface area (Å²) in [4.78, 5) is 18.5. The summed E-state index contributed by atoms with van der Waals surface area (Å²) in [5, 5.41) is 14.4. The normalized spacial score (nSPS) is 17.1. The van der Waals surface area contributed by atoms with Crippen LogP contribution in [0.4, 0.5) is 17.8 Å². The summed E-state index contributed by atoms with van der Waals surface area (Å²) >= 11 is 3.35. The second-order valence-electron chi connectivity index (χ2n) is 8.01. The van der Waals surface area contributed by atoms with Gasteiger partial charge in [-0.2, -0.15) is 20.1 Å². The van der Waals surface area contributed by atoms with E-state index in [1.807, 2.05) is 6.92 Å². The zero-order chi connectivity index (χ0) is 22.3. The fraction of sp³-hybridized carbons (Fsp3) is 0.545. The molecular weight excluding hydrogens is 474 g/mol. The van der Waals surface area contributed by atoms with E-state index in [-0.39, 0.29) is 5.75 Å². The lowest BCUT2D eigenvalue weighted by Crippen LogP contribution is -2.34. The highest BCUT2D eigenvalue weighted by molar-refractivity contribution is 9.10. The third-order valence-electron chi connectivity index (χ3n) is 5.62. The molecule has 0 saturated carbocycles. The first-order valence-electron chi connectivity index (χ1n) is 11.3. The fourth-order valence-corrected chi connectivity index (χ4v) is 4.43. The molecule has 1 aromatic heterocycles. The number of halogens is 1. The van der Waals surface area contributed by atoms with E-state index in [0.29, 0.717) is 34.7 Å². The van der Waals surface area contributed by atoms with Gasteiger partial charge in [-0.05, 0) is 79.1 Å². The molecule has 2 N–H and O–H groups in total. The second kappa shape index (κ2) is 10.8. The SMILES string of the molecule is CCOc1cc(C=NNc2nc(N3CCCCC3)nc(N3CCCCC3)n2)cc(Br)c1O. The van der Waals surface area contributed by atoms with Gasteiger partial charge in [-0.3, -0.25) is 0 Å². The van der Waals surface area contributed by atoms with Gasteiger partial charge < -0.3 is 19.6 Å². The molecule has 32 heavy (non-hydrogen) atoms. The summed E-state index contributed by atoms with van der Waals surface area (Å²) in [6.07, 6.45) is 8.78. The van der Waals surface area contributed by atoms with E-state index >= 15 is 0 Å². The van der Waals surface area contributed by atoms with E-state index in [2.05, 4.69) is 46.2 Å². The Kier molecular flexibility index (Phi) is 7.62. The second-order valence-corrected chi connectivity index (χ2v) is 8.86. The first-order valence-corrected chi connectivity index (χ1v) is 12.1. The molecule has 2 aliphatic rings. The van der Waals surface area contributed by atoms with Gasteiger partial charge in [-0.15, -0.1) is 0 Å². The maximum absolute atomic E-state index is 10.1. The molecule has 0 amide bonds. The summed E-state index contributed by atoms with van der Waals surface area (Å²) in [5.41, 5.74) is 3.74. The minimum absolute atomic E-state index is 0.0757. The Morgan fingerprint density at radius 2 is 1.59 bits per heavy atom. The van der Waals surface area contributed by atoms with Crippen molar-refractivity contribution in [2.24, 2.45) is 5.10 Å². The number of piperidine rings is 2. The zero-order valence-corrected chi connectivity index (χ0v) is 20.0. The molecule has 0 unspecified atom stereocenters. The largest absolute Gasteiger partial charge is 0.503 e. The van der Waals surface area contributed by atoms with Crippen LogP contribution in [0.2, 0.25) is 0 Å². The quantitative estimate of drug-likeness (QED) is 0.429. The van der Waals surface area contributed by atoms with E-state index in [9.17, 15) is 5.11 Å². The van der Waals surface area contributed by atoms with Gasteiger partial charge >= 0.3 is 0 Å². The molecular formula is C22H30BrN7O2. The number of nitrogens with one attached hydrogen (secondary N) is 1. The van der Waals surface area contributed by atoms with Crippen LogP contribution in [0.15, 0.2) is 21.7 Å². The van der Waals surface area contributed by atoms with Crippen molar-refractivity contribution in [1.29, 1.82) is 0 Å². The smallest absolute Gasteiger partial charge is 0.250 e. The average molecular weight is 504 g/mol. The van der Waals surface area contributed by atoms with Gasteiger partial charge in [0.05, 0.1) is 17.3 Å². The van der Waals surface area contributed by atoms with Crippen molar-refractivity contribution in [3.05, 3.63) is 22.2 Å². The third-order valence-corrected chi connectivity index (χ3v) is 6.22. The van der Waals surface area contributed by atoms with E-state index < -0.39 is 0 Å². The van der Waals surface area contributed by atoms with Crippen molar-refractivity contribution in [2.75, 3.05) is 48.0 Å². The van der Waals surface area contributed by atoms with Crippen LogP contribution in [-0.4, -0.2) is 59.1 Å². The summed E-state index contributed by atoms with van der Waals surface area (Å²) in [6.45, 7) is 6.20. The lowest BCUT2D eigenvalue weighted by Gasteiger charge is -2.30. The Balaban J connectivity index is 1.55. The fourth-order valence-electron chi connectivity index (χ4n) is 3.97. The van der Waals surface area contributed by atoms with Crippen LogP contribution in [0.5, 0.6) is 11.5 Å². The maximum atomic E-state index is 10.1. The predicted octanol–water partition coefficient (Wildman–Crippen LogP) is 4.17. The Bertz CT molecular complexity index is 908. The molecule has 4 rings (SSSR count). The zero-order valence-electron chi connectivity index (χ0n) is 18.4. The number of aromatic hydroxyl groups is 1. The van der Waals surface area contributed by atoms with Crippen molar-refractivity contribution in [2.45, 2.75) is 45.4 Å². The minimum atomic E-state index is 0.0757. The monoisotopic (exact) mass is 503 g/mol. The number of hydrazone groups is 1. The molecule has 3 heterocycles. The highest BCUT2D eigenvalue weighted by atomic mass is 79.9. The van der Waals surface area contributed by atoms with E-state index in [1.54, 1.807) is 18.3 Å². The topological polar surface area (TPSA) is 99.0 Å². The van der Waals surface area contributed by atoms with Crippen molar-refractivity contribution >= 4 is 40.0 Å². The minimum Gasteiger partial charge on any atom is -0.503 e. The highest BCUT2D eigenvalue weighted by Crippen LogP contribution is 2.35. The van der Waals surface area contributed by atoms with Crippen molar-refractivity contribution in [3.63, 3.8) is 0 Å². The molecule has 172 valence electrons. The van der Waals surface area contributed by atoms with Gasteiger partial charge in [0.15, 0.2) is 11.5 Å². The van der Waals surface area contributed by atoms with Gasteiger partial charge in [0.25, 0.3) is 0 Å². The maximum Gasteiger partial charge on any atom is 0.250 e. The van der Waals surface area contributed by atoms with E-state index in [4.69, 9.17) is 9.72 Å². The number of phenolic OH excluding ortho intramolecular Hbond substituents is 1. The van der Waals surface area contributed by atoms with Gasteiger partial charge in [0.1, 0.15) is 0 Å². The number of nitrogens with zero attached hydrogens (tertiary/aromatic N) is 6. The molecule has 2 fully saturated rings. The lowest BCUT2D eigenvalue weighted by molar-refractivity contribution is 0.317. The highest BCUT2D eigenvalue weighted by Gasteiger charge is 2.20. The number of hydrogen-bond acceptors (Lipinski definition) is 9. The Morgan fingerprint density at radius 3 is 2.16 bits per heavy atom. The number of phenols is 1. The lowest BCUT2D eigenvalue weighted by atomic mass is 10.1. The number of aromatic nitrogens is 3. The van der Waals surface area contributed by atoms with Crippen LogP contribution in [-0.2, 0) is 0 Å². The molecule has 1 aromatic carbocycles. The molecule has 10 heteroatoms. The van der Waals surface area contributed by atoms with Crippen molar-refractivity contribution < 1.29 is 9.84 Å². The number of benzene rings is 1. The summed E-state index contributed by atoms with van der Waals surface area (Å²) in [7, 11) is 0. The van der Waals surface area contributed by atoms with E-state index in [0.717, 1.165) is 57.4 Å². The molecule has 0 bridgehead atoms. The molecule has 0 radical (unpaired) electrons. The number of rotatable bonds is 7. The van der Waals surface area contributed by atoms with Crippen LogP contribution in [0.3, 0.4) is 0 Å². The number of hydrogen-bond donors (Lipinski definition) is 2. The molecule has 9 nitrogen and oxygen atoms in total. The Morgan fingerprint density at radius 1 is 1.00 bits per heavy atom. The van der Waals surface area contributed by atoms with Crippen LogP contribution >= 0.6 is 15.9 Å². The Hall–Kier alpha value is -2.62. The molecule has 0 spiro atoms. The molecule has 2 saturated heterocycles. The standard InChI is InChI=1S/C22H30BrN7O2/c1-2-32-18-14-16(13-17(23)19(18)31)15-24-28-20-25-21(29-9-5-3-6-10-29)27-22(26-20)30-11-7-4-8-12-30/h13-15,31H,2-12H2,1H3,(H,25,26,27,28). The van der Waals surface area contributed by atoms with Crippen molar-refractivity contribution in [1.82, 2.24) is 15.0 Å². The van der Waals surface area contributed by atoms with Crippen LogP contribution in [0, 0.1) is 0 Å². The molecule has 2 aromatic rings. The number of anilines is 3. The summed E-state index contributed by atoms with van der Waals surface area (Å²) < 4.78 is 6.03. The van der Waals surface area contributed by atoms with Crippen molar-refractivity contribution in [3.8, 4) is 11.5 Å². The summed E-state index contributed by atoms with van der Waals surface area (Å²) in [6, 6.07) is 3.51. The predicted molar refractivity (Wildman–Crippen MR) is 130 cm³/mol. The summed E-state index contributed by atoms with van der Waals surface area (Å²) in [5.74, 6) is 2.34.